The zero-order valence-electron chi connectivity index (χ0n) is 14.2. The van der Waals surface area contributed by atoms with E-state index in [0.717, 1.165) is 6.08 Å². The van der Waals surface area contributed by atoms with E-state index in [1.54, 1.807) is 0 Å². The van der Waals surface area contributed by atoms with Crippen LogP contribution in [0.25, 0.3) is 0 Å². The molecule has 0 spiro atoms. The average molecular weight is 342 g/mol. The monoisotopic (exact) mass is 342 g/mol. The molecule has 1 aliphatic heterocycles. The van der Waals surface area contributed by atoms with Crippen molar-refractivity contribution >= 4 is 17.9 Å². The molecule has 0 aliphatic carbocycles. The quantitative estimate of drug-likeness (QED) is 0.259. The topological polar surface area (TPSA) is 88.1 Å². The second kappa shape index (κ2) is 11.6. The molecule has 1 rings (SSSR count). The highest BCUT2D eigenvalue weighted by molar-refractivity contribution is 5.81. The molecule has 24 heavy (non-hydrogen) atoms. The molecule has 136 valence electrons. The molecule has 0 bridgehead atoms. The highest BCUT2D eigenvalue weighted by atomic mass is 16.6. The van der Waals surface area contributed by atoms with Gasteiger partial charge in [0, 0.05) is 25.3 Å². The van der Waals surface area contributed by atoms with E-state index < -0.39 is 18.2 Å². The lowest BCUT2D eigenvalue weighted by Gasteiger charge is -2.30. The van der Waals surface area contributed by atoms with Crippen LogP contribution in [0.15, 0.2) is 12.7 Å². The number of hydrogen-bond donors (Lipinski definition) is 0. The Morgan fingerprint density at radius 1 is 1.12 bits per heavy atom. The van der Waals surface area contributed by atoms with E-state index in [2.05, 4.69) is 6.58 Å². The first-order valence-electron chi connectivity index (χ1n) is 8.32. The van der Waals surface area contributed by atoms with Gasteiger partial charge in [-0.25, -0.2) is 4.79 Å². The molecule has 0 saturated carbocycles. The summed E-state index contributed by atoms with van der Waals surface area (Å²) in [6.45, 7) is 6.14. The van der Waals surface area contributed by atoms with Crippen molar-refractivity contribution in [1.29, 1.82) is 0 Å². The Bertz CT molecular complexity index is 433. The van der Waals surface area contributed by atoms with Crippen LogP contribution < -0.4 is 0 Å². The van der Waals surface area contributed by atoms with Gasteiger partial charge in [-0.1, -0.05) is 13.5 Å². The maximum atomic E-state index is 11.9. The van der Waals surface area contributed by atoms with Crippen molar-refractivity contribution < 1.29 is 33.3 Å². The van der Waals surface area contributed by atoms with Gasteiger partial charge in [0.25, 0.3) is 0 Å². The zero-order chi connectivity index (χ0) is 17.8. The predicted molar refractivity (Wildman–Crippen MR) is 85.1 cm³/mol. The van der Waals surface area contributed by atoms with Crippen molar-refractivity contribution in [2.75, 3.05) is 19.8 Å². The molecule has 1 fully saturated rings. The Hall–Kier alpha value is -1.89. The Morgan fingerprint density at radius 2 is 1.83 bits per heavy atom. The minimum atomic E-state index is -0.546. The average Bonchev–Trinajstić information content (AvgIpc) is 2.56. The predicted octanol–water partition coefficient (Wildman–Crippen LogP) is 1.93. The number of carbonyl (C=O) groups excluding carboxylic acids is 3. The maximum absolute atomic E-state index is 11.9. The van der Waals surface area contributed by atoms with Gasteiger partial charge in [0.1, 0.15) is 6.10 Å². The molecule has 0 aromatic heterocycles. The largest absolute Gasteiger partial charge is 0.463 e. The van der Waals surface area contributed by atoms with E-state index in [9.17, 15) is 14.4 Å². The summed E-state index contributed by atoms with van der Waals surface area (Å²) in [5.74, 6) is -1.14. The standard InChI is InChI=1S/C17H26O7/c1-3-7-16(19)24-14-12-21-11-9-13(14)23-17(20)8-5-6-10-22-15(18)4-2/h4,13-14H,2-3,5-12H2,1H3/t13-,14+/m0/s1. The molecule has 2 atom stereocenters. The number of ether oxygens (including phenoxy) is 4. The minimum absolute atomic E-state index is 0.221. The molecule has 7 heteroatoms. The lowest BCUT2D eigenvalue weighted by molar-refractivity contribution is -0.182. The van der Waals surface area contributed by atoms with Gasteiger partial charge in [-0.15, -0.1) is 0 Å². The van der Waals surface area contributed by atoms with Crippen molar-refractivity contribution in [3.8, 4) is 0 Å². The summed E-state index contributed by atoms with van der Waals surface area (Å²) in [6, 6.07) is 0. The molecule has 0 unspecified atom stereocenters. The van der Waals surface area contributed by atoms with E-state index in [1.165, 1.54) is 0 Å². The van der Waals surface area contributed by atoms with E-state index in [1.807, 2.05) is 6.92 Å². The summed E-state index contributed by atoms with van der Waals surface area (Å²) in [4.78, 5) is 34.4. The Labute approximate surface area is 142 Å². The molecule has 0 N–H and O–H groups in total. The van der Waals surface area contributed by atoms with Crippen LogP contribution in [0.3, 0.4) is 0 Å². The van der Waals surface area contributed by atoms with Crippen LogP contribution in [0.4, 0.5) is 0 Å². The first kappa shape index (κ1) is 20.2. The van der Waals surface area contributed by atoms with Crippen molar-refractivity contribution in [2.24, 2.45) is 0 Å². The highest BCUT2D eigenvalue weighted by Crippen LogP contribution is 2.17. The van der Waals surface area contributed by atoms with E-state index >= 15 is 0 Å². The van der Waals surface area contributed by atoms with Gasteiger partial charge in [0.05, 0.1) is 19.8 Å². The normalized spacial score (nSPS) is 20.0. The smallest absolute Gasteiger partial charge is 0.330 e. The lowest BCUT2D eigenvalue weighted by atomic mass is 10.1. The number of carbonyl (C=O) groups is 3. The summed E-state index contributed by atoms with van der Waals surface area (Å²) in [5.41, 5.74) is 0. The fourth-order valence-corrected chi connectivity index (χ4v) is 2.20. The van der Waals surface area contributed by atoms with Crippen molar-refractivity contribution in [1.82, 2.24) is 0 Å². The first-order valence-corrected chi connectivity index (χ1v) is 8.32. The van der Waals surface area contributed by atoms with Crippen molar-refractivity contribution in [2.45, 2.75) is 57.7 Å². The van der Waals surface area contributed by atoms with Gasteiger partial charge in [-0.2, -0.15) is 0 Å². The summed E-state index contributed by atoms with van der Waals surface area (Å²) in [5, 5.41) is 0. The lowest BCUT2D eigenvalue weighted by Crippen LogP contribution is -2.43. The van der Waals surface area contributed by atoms with Crippen molar-refractivity contribution in [3.05, 3.63) is 12.7 Å². The van der Waals surface area contributed by atoms with Crippen LogP contribution in [0.2, 0.25) is 0 Å². The van der Waals surface area contributed by atoms with Gasteiger partial charge in [0.15, 0.2) is 6.10 Å². The van der Waals surface area contributed by atoms with Crippen LogP contribution in [0, 0.1) is 0 Å². The number of hydrogen-bond acceptors (Lipinski definition) is 7. The second-order valence-corrected chi connectivity index (χ2v) is 5.50. The first-order chi connectivity index (χ1) is 11.6. The Balaban J connectivity index is 2.28. The molecule has 0 amide bonds. The summed E-state index contributed by atoms with van der Waals surface area (Å²) in [6.07, 6.45) is 2.96. The van der Waals surface area contributed by atoms with Gasteiger partial charge < -0.3 is 18.9 Å². The molecular weight excluding hydrogens is 316 g/mol. The minimum Gasteiger partial charge on any atom is -0.463 e. The van der Waals surface area contributed by atoms with E-state index in [-0.39, 0.29) is 31.6 Å². The molecule has 0 radical (unpaired) electrons. The molecule has 1 saturated heterocycles. The molecule has 1 aliphatic rings. The highest BCUT2D eigenvalue weighted by Gasteiger charge is 2.31. The number of unbranched alkanes of at least 4 members (excludes halogenated alkanes) is 1. The van der Waals surface area contributed by atoms with Gasteiger partial charge in [-0.3, -0.25) is 9.59 Å². The van der Waals surface area contributed by atoms with Crippen LogP contribution in [-0.4, -0.2) is 49.9 Å². The summed E-state index contributed by atoms with van der Waals surface area (Å²) >= 11 is 0. The molecule has 7 nitrogen and oxygen atoms in total. The van der Waals surface area contributed by atoms with Crippen molar-refractivity contribution in [3.63, 3.8) is 0 Å². The Kier molecular flexibility index (Phi) is 9.76. The third-order valence-electron chi connectivity index (χ3n) is 3.45. The zero-order valence-corrected chi connectivity index (χ0v) is 14.2. The fraction of sp³-hybridized carbons (Fsp3) is 0.706. The summed E-state index contributed by atoms with van der Waals surface area (Å²) < 4.78 is 20.8. The van der Waals surface area contributed by atoms with Crippen LogP contribution in [0.1, 0.15) is 45.4 Å². The third kappa shape index (κ3) is 8.10. The SMILES string of the molecule is C=CC(=O)OCCCCC(=O)O[C@H]1CCOC[C@H]1OC(=O)CCC. The number of rotatable bonds is 10. The van der Waals surface area contributed by atoms with Gasteiger partial charge >= 0.3 is 17.9 Å². The molecular formula is C17H26O7. The van der Waals surface area contributed by atoms with E-state index in [0.29, 0.717) is 38.7 Å². The summed E-state index contributed by atoms with van der Waals surface area (Å²) in [7, 11) is 0. The second-order valence-electron chi connectivity index (χ2n) is 5.50. The molecule has 0 aromatic carbocycles. The molecule has 1 heterocycles. The third-order valence-corrected chi connectivity index (χ3v) is 3.45. The van der Waals surface area contributed by atoms with Crippen LogP contribution in [-0.2, 0) is 33.3 Å². The van der Waals surface area contributed by atoms with Gasteiger partial charge in [0.2, 0.25) is 0 Å². The molecule has 0 aromatic rings. The van der Waals surface area contributed by atoms with Gasteiger partial charge in [-0.05, 0) is 19.3 Å². The van der Waals surface area contributed by atoms with E-state index in [4.69, 9.17) is 18.9 Å². The van der Waals surface area contributed by atoms with Crippen LogP contribution >= 0.6 is 0 Å². The van der Waals surface area contributed by atoms with Crippen LogP contribution in [0.5, 0.6) is 0 Å². The fourth-order valence-electron chi connectivity index (χ4n) is 2.20. The number of esters is 3. The maximum Gasteiger partial charge on any atom is 0.330 e. The Morgan fingerprint density at radius 3 is 2.54 bits per heavy atom.